The summed E-state index contributed by atoms with van der Waals surface area (Å²) in [4.78, 5) is 24.1. The fourth-order valence-corrected chi connectivity index (χ4v) is 4.24. The Bertz CT molecular complexity index is 1320. The van der Waals surface area contributed by atoms with E-state index in [0.29, 0.717) is 22.6 Å². The Hall–Kier alpha value is -4.66. The lowest BCUT2D eigenvalue weighted by Gasteiger charge is -2.26. The van der Waals surface area contributed by atoms with E-state index in [-0.39, 0.29) is 31.8 Å². The predicted octanol–water partition coefficient (Wildman–Crippen LogP) is 5.21. The predicted molar refractivity (Wildman–Crippen MR) is 161 cm³/mol. The van der Waals surface area contributed by atoms with E-state index in [1.165, 1.54) is 0 Å². The number of ether oxygens (including phenoxy) is 4. The first-order valence-corrected chi connectivity index (χ1v) is 14.0. The van der Waals surface area contributed by atoms with Crippen molar-refractivity contribution in [2.24, 2.45) is 0 Å². The standard InChI is InChI=1S/C35H36O8/c1-35(2,27-13-17-31(18-14-27)40-21-29(36)23-42-33(38)25-9-5-3-6-10-25)28-15-19-32(20-16-28)41-22-30(37)24-43-34(39)26-11-7-4-8-12-26/h3-20,29-30,36-37H,21-24H2,1-2H3. The van der Waals surface area contributed by atoms with Gasteiger partial charge >= 0.3 is 11.9 Å². The number of rotatable bonds is 14. The molecule has 8 nitrogen and oxygen atoms in total. The zero-order chi connectivity index (χ0) is 30.7. The number of aliphatic hydroxyl groups is 2. The van der Waals surface area contributed by atoms with E-state index >= 15 is 0 Å². The van der Waals surface area contributed by atoms with E-state index in [2.05, 4.69) is 13.8 Å². The van der Waals surface area contributed by atoms with Crippen molar-refractivity contribution in [3.63, 3.8) is 0 Å². The van der Waals surface area contributed by atoms with Gasteiger partial charge in [0.2, 0.25) is 0 Å². The van der Waals surface area contributed by atoms with Crippen LogP contribution in [0.25, 0.3) is 0 Å². The molecule has 0 fully saturated rings. The fourth-order valence-electron chi connectivity index (χ4n) is 4.24. The fraction of sp³-hybridized carbons (Fsp3) is 0.257. The van der Waals surface area contributed by atoms with Gasteiger partial charge in [0.25, 0.3) is 0 Å². The molecule has 0 bridgehead atoms. The second-order valence-electron chi connectivity index (χ2n) is 10.5. The van der Waals surface area contributed by atoms with Gasteiger partial charge in [0.1, 0.15) is 50.1 Å². The molecule has 43 heavy (non-hydrogen) atoms. The number of hydrogen-bond acceptors (Lipinski definition) is 8. The molecule has 0 aliphatic carbocycles. The van der Waals surface area contributed by atoms with Crippen molar-refractivity contribution < 1.29 is 38.7 Å². The smallest absolute Gasteiger partial charge is 0.338 e. The van der Waals surface area contributed by atoms with Gasteiger partial charge in [-0.1, -0.05) is 74.5 Å². The molecule has 4 rings (SSSR count). The molecule has 0 saturated heterocycles. The van der Waals surface area contributed by atoms with Crippen LogP contribution in [-0.4, -0.2) is 60.8 Å². The molecule has 0 aliphatic rings. The first-order valence-electron chi connectivity index (χ1n) is 14.0. The summed E-state index contributed by atoms with van der Waals surface area (Å²) in [6.45, 7) is 3.84. The third-order valence-electron chi connectivity index (χ3n) is 6.87. The Kier molecular flexibility index (Phi) is 10.9. The summed E-state index contributed by atoms with van der Waals surface area (Å²) in [6, 6.07) is 32.4. The van der Waals surface area contributed by atoms with Crippen LogP contribution in [-0.2, 0) is 14.9 Å². The largest absolute Gasteiger partial charge is 0.491 e. The van der Waals surface area contributed by atoms with Crippen LogP contribution in [0.15, 0.2) is 109 Å². The van der Waals surface area contributed by atoms with Crippen LogP contribution < -0.4 is 9.47 Å². The number of hydrogen-bond donors (Lipinski definition) is 2. The minimum Gasteiger partial charge on any atom is -0.491 e. The average Bonchev–Trinajstić information content (AvgIpc) is 3.05. The molecule has 0 aliphatic heterocycles. The van der Waals surface area contributed by atoms with E-state index in [1.807, 2.05) is 60.7 Å². The first kappa shape index (κ1) is 31.3. The monoisotopic (exact) mass is 584 g/mol. The van der Waals surface area contributed by atoms with E-state index in [1.54, 1.807) is 48.5 Å². The summed E-state index contributed by atoms with van der Waals surface area (Å²) in [5.41, 5.74) is 2.64. The molecule has 0 aromatic heterocycles. The minimum absolute atomic E-state index is 0.0174. The second kappa shape index (κ2) is 15.0. The summed E-state index contributed by atoms with van der Waals surface area (Å²) in [5.74, 6) is 0.185. The molecule has 2 N–H and O–H groups in total. The number of esters is 2. The van der Waals surface area contributed by atoms with E-state index in [0.717, 1.165) is 11.1 Å². The number of carbonyl (C=O) groups excluding carboxylic acids is 2. The molecule has 0 amide bonds. The molecule has 0 heterocycles. The topological polar surface area (TPSA) is 112 Å². The molecule has 4 aromatic carbocycles. The summed E-state index contributed by atoms with van der Waals surface area (Å²) in [5, 5.41) is 20.4. The van der Waals surface area contributed by atoms with Gasteiger partial charge in [0.15, 0.2) is 0 Å². The van der Waals surface area contributed by atoms with Gasteiger partial charge in [-0.15, -0.1) is 0 Å². The van der Waals surface area contributed by atoms with Crippen molar-refractivity contribution in [2.75, 3.05) is 26.4 Å². The quantitative estimate of drug-likeness (QED) is 0.195. The summed E-state index contributed by atoms with van der Waals surface area (Å²) in [7, 11) is 0. The Morgan fingerprint density at radius 1 is 0.558 bits per heavy atom. The molecule has 2 atom stereocenters. The van der Waals surface area contributed by atoms with Crippen LogP contribution in [0.3, 0.4) is 0 Å². The maximum absolute atomic E-state index is 12.0. The first-order chi connectivity index (χ1) is 20.7. The van der Waals surface area contributed by atoms with Gasteiger partial charge in [-0.25, -0.2) is 9.59 Å². The second-order valence-corrected chi connectivity index (χ2v) is 10.5. The van der Waals surface area contributed by atoms with Crippen LogP contribution in [0.1, 0.15) is 45.7 Å². The molecule has 8 heteroatoms. The highest BCUT2D eigenvalue weighted by atomic mass is 16.6. The van der Waals surface area contributed by atoms with Crippen LogP contribution in [0.4, 0.5) is 0 Å². The number of aliphatic hydroxyl groups excluding tert-OH is 2. The Balaban J connectivity index is 1.21. The molecular weight excluding hydrogens is 548 g/mol. The van der Waals surface area contributed by atoms with Crippen molar-refractivity contribution in [3.8, 4) is 11.5 Å². The highest BCUT2D eigenvalue weighted by molar-refractivity contribution is 5.89. The summed E-state index contributed by atoms with van der Waals surface area (Å²) < 4.78 is 21.7. The van der Waals surface area contributed by atoms with Crippen LogP contribution in [0.2, 0.25) is 0 Å². The molecule has 2 unspecified atom stereocenters. The third kappa shape index (κ3) is 9.16. The molecule has 0 radical (unpaired) electrons. The lowest BCUT2D eigenvalue weighted by Crippen LogP contribution is -2.25. The normalized spacial score (nSPS) is 12.6. The highest BCUT2D eigenvalue weighted by Crippen LogP contribution is 2.33. The SMILES string of the molecule is CC(C)(c1ccc(OCC(O)COC(=O)c2ccccc2)cc1)c1ccc(OCC(O)COC(=O)c2ccccc2)cc1. The van der Waals surface area contributed by atoms with Crippen molar-refractivity contribution in [2.45, 2.75) is 31.5 Å². The number of carbonyl (C=O) groups is 2. The highest BCUT2D eigenvalue weighted by Gasteiger charge is 2.23. The number of benzene rings is 4. The Morgan fingerprint density at radius 3 is 1.26 bits per heavy atom. The van der Waals surface area contributed by atoms with Gasteiger partial charge in [-0.2, -0.15) is 0 Å². The van der Waals surface area contributed by atoms with Crippen molar-refractivity contribution in [1.29, 1.82) is 0 Å². The van der Waals surface area contributed by atoms with E-state index < -0.39 is 24.1 Å². The van der Waals surface area contributed by atoms with Crippen LogP contribution in [0, 0.1) is 0 Å². The van der Waals surface area contributed by atoms with Crippen molar-refractivity contribution >= 4 is 11.9 Å². The summed E-state index contributed by atoms with van der Waals surface area (Å²) in [6.07, 6.45) is -1.93. The molecule has 4 aromatic rings. The molecular formula is C35H36O8. The maximum atomic E-state index is 12.0. The van der Waals surface area contributed by atoms with Gasteiger partial charge in [-0.3, -0.25) is 0 Å². The third-order valence-corrected chi connectivity index (χ3v) is 6.87. The van der Waals surface area contributed by atoms with Gasteiger partial charge < -0.3 is 29.2 Å². The van der Waals surface area contributed by atoms with Crippen molar-refractivity contribution in [1.82, 2.24) is 0 Å². The molecule has 224 valence electrons. The lowest BCUT2D eigenvalue weighted by molar-refractivity contribution is 0.0127. The summed E-state index contributed by atoms with van der Waals surface area (Å²) >= 11 is 0. The zero-order valence-corrected chi connectivity index (χ0v) is 24.2. The van der Waals surface area contributed by atoms with Crippen LogP contribution >= 0.6 is 0 Å². The van der Waals surface area contributed by atoms with E-state index in [4.69, 9.17) is 18.9 Å². The van der Waals surface area contributed by atoms with Crippen molar-refractivity contribution in [3.05, 3.63) is 131 Å². The van der Waals surface area contributed by atoms with Gasteiger partial charge in [0, 0.05) is 5.41 Å². The molecule has 0 spiro atoms. The lowest BCUT2D eigenvalue weighted by atomic mass is 9.78. The van der Waals surface area contributed by atoms with Gasteiger partial charge in [-0.05, 0) is 59.7 Å². The van der Waals surface area contributed by atoms with Gasteiger partial charge in [0.05, 0.1) is 11.1 Å². The Labute approximate surface area is 251 Å². The average molecular weight is 585 g/mol. The van der Waals surface area contributed by atoms with Crippen LogP contribution in [0.5, 0.6) is 11.5 Å². The zero-order valence-electron chi connectivity index (χ0n) is 24.2. The Morgan fingerprint density at radius 2 is 0.907 bits per heavy atom. The molecule has 0 saturated carbocycles. The van der Waals surface area contributed by atoms with E-state index in [9.17, 15) is 19.8 Å². The maximum Gasteiger partial charge on any atom is 0.338 e. The minimum atomic E-state index is -0.963.